The van der Waals surface area contributed by atoms with Crippen LogP contribution in [0.15, 0.2) is 66.7 Å². The lowest BCUT2D eigenvalue weighted by molar-refractivity contribution is -0.341. The molecule has 0 fully saturated rings. The van der Waals surface area contributed by atoms with E-state index < -0.39 is 7.12 Å². The molecular formula is C50H85BN2O2. The van der Waals surface area contributed by atoms with Crippen molar-refractivity contribution in [1.82, 2.24) is 0 Å². The predicted molar refractivity (Wildman–Crippen MR) is 238 cm³/mol. The molecule has 3 aromatic carbocycles. The number of benzene rings is 3. The molecule has 0 saturated carbocycles. The molecule has 0 amide bonds. The summed E-state index contributed by atoms with van der Waals surface area (Å²) in [5.74, 6) is 0. The first-order chi connectivity index (χ1) is 26.8. The molecule has 0 aromatic heterocycles. The monoisotopic (exact) mass is 757 g/mol. The van der Waals surface area contributed by atoms with Crippen LogP contribution < -0.4 is 27.0 Å². The van der Waals surface area contributed by atoms with Crippen LogP contribution in [0.5, 0.6) is 0 Å². The van der Waals surface area contributed by atoms with E-state index in [1.165, 1.54) is 152 Å². The molecule has 3 aromatic rings. The van der Waals surface area contributed by atoms with Crippen LogP contribution in [-0.4, -0.2) is 7.12 Å². The van der Waals surface area contributed by atoms with E-state index in [0.717, 1.165) is 61.0 Å². The normalized spacial score (nSPS) is 10.8. The van der Waals surface area contributed by atoms with Crippen molar-refractivity contribution in [2.24, 2.45) is 0 Å². The summed E-state index contributed by atoms with van der Waals surface area (Å²) in [6, 6.07) is 23.1. The molecule has 0 saturated heterocycles. The maximum atomic E-state index is 11.0. The molecule has 5 heteroatoms. The van der Waals surface area contributed by atoms with E-state index in [-0.39, 0.29) is 0 Å². The zero-order valence-corrected chi connectivity index (χ0v) is 36.5. The first kappa shape index (κ1) is 50.6. The van der Waals surface area contributed by atoms with Gasteiger partial charge in [-0.25, -0.2) is 0 Å². The average Bonchev–Trinajstić information content (AvgIpc) is 3.19. The summed E-state index contributed by atoms with van der Waals surface area (Å²) >= 11 is 0. The molecule has 0 heterocycles. The number of hydrogen-bond acceptors (Lipinski definition) is 2. The molecule has 4 nitrogen and oxygen atoms in total. The minimum atomic E-state index is -1.85. The van der Waals surface area contributed by atoms with Crippen LogP contribution in [0.1, 0.15) is 204 Å². The van der Waals surface area contributed by atoms with E-state index in [1.807, 2.05) is 0 Å². The molecular weight excluding hydrogens is 671 g/mol. The summed E-state index contributed by atoms with van der Waals surface area (Å²) in [6.07, 6.45) is 37.2. The summed E-state index contributed by atoms with van der Waals surface area (Å²) in [5, 5.41) is 22.1. The highest BCUT2D eigenvalue weighted by Gasteiger charge is 2.01. The Labute approximate surface area is 340 Å². The Morgan fingerprint density at radius 3 is 0.909 bits per heavy atom. The lowest BCUT2D eigenvalue weighted by Gasteiger charge is -2.28. The molecule has 310 valence electrons. The van der Waals surface area contributed by atoms with Crippen molar-refractivity contribution >= 4 is 24.0 Å². The Morgan fingerprint density at radius 1 is 0.345 bits per heavy atom. The van der Waals surface area contributed by atoms with Gasteiger partial charge in [0.2, 0.25) is 0 Å². The molecule has 0 bridgehead atoms. The van der Waals surface area contributed by atoms with Crippen molar-refractivity contribution in [1.29, 1.82) is 0 Å². The minimum Gasteiger partial charge on any atom is -0.889 e. The molecule has 6 N–H and O–H groups in total. The highest BCUT2D eigenvalue weighted by atomic mass is 16.4. The van der Waals surface area contributed by atoms with Gasteiger partial charge < -0.3 is 21.5 Å². The third-order valence-corrected chi connectivity index (χ3v) is 10.7. The number of unbranched alkanes of at least 4 members (excludes halogenated alkanes) is 20. The third kappa shape index (κ3) is 29.5. The predicted octanol–water partition coefficient (Wildman–Crippen LogP) is 10.8. The number of aryl methyl sites for hydroxylation is 4. The van der Waals surface area contributed by atoms with Crippen molar-refractivity contribution in [3.05, 3.63) is 89.0 Å². The first-order valence-electron chi connectivity index (χ1n) is 23.1. The van der Waals surface area contributed by atoms with E-state index in [1.54, 1.807) is 12.1 Å². The van der Waals surface area contributed by atoms with Gasteiger partial charge in [0.05, 0.1) is 0 Å². The molecule has 0 unspecified atom stereocenters. The zero-order valence-electron chi connectivity index (χ0n) is 36.5. The van der Waals surface area contributed by atoms with Gasteiger partial charge in [0.1, 0.15) is 11.4 Å². The highest BCUT2D eigenvalue weighted by molar-refractivity contribution is 6.55. The van der Waals surface area contributed by atoms with E-state index in [9.17, 15) is 10.0 Å². The van der Waals surface area contributed by atoms with Crippen molar-refractivity contribution in [2.45, 2.75) is 207 Å². The molecule has 0 aliphatic carbocycles. The second-order valence-electron chi connectivity index (χ2n) is 16.1. The lowest BCUT2D eigenvalue weighted by atomic mass is 9.78. The fourth-order valence-corrected chi connectivity index (χ4v) is 7.02. The Kier molecular flexibility index (Phi) is 33.1. The second kappa shape index (κ2) is 35.9. The quantitative estimate of drug-likeness (QED) is 0.0544. The Hall–Kier alpha value is -2.44. The highest BCUT2D eigenvalue weighted by Crippen LogP contribution is 2.15. The maximum absolute atomic E-state index is 11.0. The molecule has 3 rings (SSSR count). The maximum Gasteiger partial charge on any atom is 0.127 e. The van der Waals surface area contributed by atoms with Crippen LogP contribution in [0.4, 0.5) is 11.4 Å². The van der Waals surface area contributed by atoms with Gasteiger partial charge in [0.15, 0.2) is 0 Å². The topological polar surface area (TPSA) is 101 Å². The fourth-order valence-electron chi connectivity index (χ4n) is 7.02. The zero-order chi connectivity index (χ0) is 40.2. The SMILES string of the molecule is CCCCCCCCCCCCc1ccc([NH3+])cc1.CCCCCCCCCCCCc1ccc([NH3+])cc1.CCCCc1cc(CCCC)cc(B([O-])[O-])c1. The van der Waals surface area contributed by atoms with Crippen LogP contribution in [-0.2, 0) is 25.7 Å². The molecule has 0 aliphatic rings. The number of quaternary nitrogens is 2. The first-order valence-corrected chi connectivity index (χ1v) is 23.1. The number of rotatable bonds is 29. The molecule has 55 heavy (non-hydrogen) atoms. The van der Waals surface area contributed by atoms with E-state index in [2.05, 4.69) is 93.8 Å². The van der Waals surface area contributed by atoms with Gasteiger partial charge >= 0.3 is 0 Å². The fraction of sp³-hybridized carbons (Fsp3) is 0.640. The summed E-state index contributed by atoms with van der Waals surface area (Å²) in [7, 11) is -1.85. The van der Waals surface area contributed by atoms with Crippen molar-refractivity contribution in [3.63, 3.8) is 0 Å². The number of hydrogen-bond donors (Lipinski definition) is 2. The Morgan fingerprint density at radius 2 is 0.618 bits per heavy atom. The van der Waals surface area contributed by atoms with Crippen LogP contribution in [0.25, 0.3) is 0 Å². The van der Waals surface area contributed by atoms with Gasteiger partial charge in [-0.3, -0.25) is 0 Å². The third-order valence-electron chi connectivity index (χ3n) is 10.7. The van der Waals surface area contributed by atoms with Crippen LogP contribution in [0.2, 0.25) is 0 Å². The second-order valence-corrected chi connectivity index (χ2v) is 16.1. The van der Waals surface area contributed by atoms with Gasteiger partial charge in [0.25, 0.3) is 0 Å². The van der Waals surface area contributed by atoms with E-state index >= 15 is 0 Å². The molecule has 0 spiro atoms. The minimum absolute atomic E-state index is 0.407. The summed E-state index contributed by atoms with van der Waals surface area (Å²) in [4.78, 5) is 0. The molecule has 0 aliphatic heterocycles. The summed E-state index contributed by atoms with van der Waals surface area (Å²) in [5.41, 5.74) is 15.7. The van der Waals surface area contributed by atoms with Crippen molar-refractivity contribution < 1.29 is 21.5 Å². The molecule has 0 radical (unpaired) electrons. The van der Waals surface area contributed by atoms with E-state index in [0.29, 0.717) is 5.46 Å². The van der Waals surface area contributed by atoms with Gasteiger partial charge in [-0.15, -0.1) is 5.46 Å². The van der Waals surface area contributed by atoms with Crippen LogP contribution >= 0.6 is 0 Å². The molecule has 0 atom stereocenters. The smallest absolute Gasteiger partial charge is 0.127 e. The van der Waals surface area contributed by atoms with Crippen LogP contribution in [0.3, 0.4) is 0 Å². The summed E-state index contributed by atoms with van der Waals surface area (Å²) in [6.45, 7) is 8.85. The lowest BCUT2D eigenvalue weighted by Crippen LogP contribution is -2.55. The van der Waals surface area contributed by atoms with Crippen LogP contribution in [0, 0.1) is 0 Å². The average molecular weight is 757 g/mol. The van der Waals surface area contributed by atoms with Crippen molar-refractivity contribution in [2.75, 3.05) is 0 Å². The van der Waals surface area contributed by atoms with Gasteiger partial charge in [-0.1, -0.05) is 206 Å². The Balaban J connectivity index is 0.000000413. The largest absolute Gasteiger partial charge is 0.889 e. The van der Waals surface area contributed by atoms with Gasteiger partial charge in [0, 0.05) is 0 Å². The van der Waals surface area contributed by atoms with Crippen molar-refractivity contribution in [3.8, 4) is 0 Å². The van der Waals surface area contributed by atoms with Gasteiger partial charge in [-0.05, 0) is 97.9 Å². The van der Waals surface area contributed by atoms with E-state index in [4.69, 9.17) is 0 Å². The van der Waals surface area contributed by atoms with Gasteiger partial charge in [-0.2, -0.15) is 0 Å². The standard InChI is InChI=1S/2C18H31N.C14H21BO2/c2*1-2-3-4-5-6-7-8-9-10-11-12-17-13-15-18(19)16-14-17;1-3-5-7-12-9-13(8-6-4-2)11-14(10-12)15(16)17/h2*13-16H,2-12,19H2,1H3;9-11H,3-8H2,1-2H3/q;;-2/p+2. The Bertz CT molecular complexity index is 1170. The summed E-state index contributed by atoms with van der Waals surface area (Å²) < 4.78 is 0.